The van der Waals surface area contributed by atoms with E-state index in [0.29, 0.717) is 5.41 Å². The minimum Gasteiger partial charge on any atom is -0.430 e. The van der Waals surface area contributed by atoms with Gasteiger partial charge in [-0.2, -0.15) is 0 Å². The van der Waals surface area contributed by atoms with Crippen LogP contribution < -0.4 is 0 Å². The molecule has 3 nitrogen and oxygen atoms in total. The molecule has 306 valence electrons. The van der Waals surface area contributed by atoms with Gasteiger partial charge in [0.1, 0.15) is 6.10 Å². The highest BCUT2D eigenvalue weighted by atomic mass is 16.7. The summed E-state index contributed by atoms with van der Waals surface area (Å²) in [5.74, 6) is 5.12. The molecule has 0 aliphatic heterocycles. The third-order valence-electron chi connectivity index (χ3n) is 15.5. The van der Waals surface area contributed by atoms with Crippen LogP contribution in [0.2, 0.25) is 0 Å². The first-order valence-electron chi connectivity index (χ1n) is 23.9. The number of unbranched alkanes of at least 4 members (excludes halogenated alkanes) is 18. The van der Waals surface area contributed by atoms with Gasteiger partial charge in [-0.3, -0.25) is 0 Å². The minimum absolute atomic E-state index is 0.0434. The number of hydrogen-bond acceptors (Lipinski definition) is 3. The fraction of sp³-hybridized carbons (Fsp3) is 0.900. The van der Waals surface area contributed by atoms with Crippen molar-refractivity contribution in [2.24, 2.45) is 46.3 Å². The van der Waals surface area contributed by atoms with Crippen LogP contribution in [-0.4, -0.2) is 12.3 Å². The molecule has 0 radical (unpaired) electrons. The molecule has 8 atom stereocenters. The van der Waals surface area contributed by atoms with Gasteiger partial charge in [0, 0.05) is 6.42 Å². The summed E-state index contributed by atoms with van der Waals surface area (Å²) in [5, 5.41) is 0. The molecule has 4 aliphatic carbocycles. The summed E-state index contributed by atoms with van der Waals surface area (Å²) in [6, 6.07) is 0. The zero-order chi connectivity index (χ0) is 37.9. The van der Waals surface area contributed by atoms with E-state index in [1.165, 1.54) is 167 Å². The Balaban J connectivity index is 1.02. The molecule has 0 amide bonds. The highest BCUT2D eigenvalue weighted by Crippen LogP contribution is 2.67. The Bertz CT molecular complexity index is 1070. The molecule has 0 N–H and O–H groups in total. The third-order valence-corrected chi connectivity index (χ3v) is 15.5. The molecule has 0 heterocycles. The maximum atomic E-state index is 12.6. The van der Waals surface area contributed by atoms with Gasteiger partial charge < -0.3 is 9.47 Å². The third kappa shape index (κ3) is 13.7. The largest absolute Gasteiger partial charge is 0.513 e. The Labute approximate surface area is 330 Å². The van der Waals surface area contributed by atoms with E-state index in [2.05, 4.69) is 47.6 Å². The van der Waals surface area contributed by atoms with Crippen molar-refractivity contribution in [3.05, 3.63) is 24.0 Å². The lowest BCUT2D eigenvalue weighted by atomic mass is 9.47. The molecule has 3 saturated carbocycles. The van der Waals surface area contributed by atoms with Gasteiger partial charge in [0.2, 0.25) is 0 Å². The Morgan fingerprint density at radius 3 is 1.94 bits per heavy atom. The van der Waals surface area contributed by atoms with Crippen molar-refractivity contribution in [2.45, 2.75) is 240 Å². The molecule has 0 aromatic carbocycles. The molecular formula is C50H88O3. The summed E-state index contributed by atoms with van der Waals surface area (Å²) in [5.41, 5.74) is 2.39. The predicted octanol–water partition coefficient (Wildman–Crippen LogP) is 16.5. The Hall–Kier alpha value is -1.25. The second-order valence-electron chi connectivity index (χ2n) is 19.8. The van der Waals surface area contributed by atoms with Crippen molar-refractivity contribution in [3.8, 4) is 0 Å². The van der Waals surface area contributed by atoms with E-state index < -0.39 is 6.16 Å². The summed E-state index contributed by atoms with van der Waals surface area (Å²) in [4.78, 5) is 12.6. The standard InChI is InChI=1S/C50H88O3/c1-7-8-9-10-11-12-13-14-15-16-17-18-19-20-21-22-23-24-25-26-38-52-48(51)53-43-34-36-49(5)42(39-43)30-31-44-46-33-32-45(41(4)29-27-28-40(2)3)50(46,6)37-35-47(44)49/h26,30,38,40-41,43-47H,7-25,27-29,31-37,39H2,1-6H3/t41-,43?,44?,45-,46?,47?,49+,50-/m1/s1. The molecule has 0 aromatic heterocycles. The van der Waals surface area contributed by atoms with E-state index in [-0.39, 0.29) is 11.5 Å². The fourth-order valence-electron chi connectivity index (χ4n) is 12.3. The molecule has 4 unspecified atom stereocenters. The Kier molecular flexibility index (Phi) is 19.9. The zero-order valence-corrected chi connectivity index (χ0v) is 36.2. The lowest BCUT2D eigenvalue weighted by molar-refractivity contribution is -0.0603. The maximum Gasteiger partial charge on any atom is 0.513 e. The van der Waals surface area contributed by atoms with Crippen molar-refractivity contribution in [3.63, 3.8) is 0 Å². The quantitative estimate of drug-likeness (QED) is 0.0384. The van der Waals surface area contributed by atoms with Crippen LogP contribution in [0.5, 0.6) is 0 Å². The normalized spacial score (nSPS) is 30.2. The van der Waals surface area contributed by atoms with Gasteiger partial charge in [0.15, 0.2) is 0 Å². The van der Waals surface area contributed by atoms with Crippen molar-refractivity contribution in [1.82, 2.24) is 0 Å². The van der Waals surface area contributed by atoms with Gasteiger partial charge in [-0.15, -0.1) is 0 Å². The first-order valence-corrected chi connectivity index (χ1v) is 23.9. The number of carbonyl (C=O) groups is 1. The van der Waals surface area contributed by atoms with Crippen molar-refractivity contribution >= 4 is 6.16 Å². The molecule has 53 heavy (non-hydrogen) atoms. The molecule has 3 heteroatoms. The van der Waals surface area contributed by atoms with E-state index >= 15 is 0 Å². The van der Waals surface area contributed by atoms with E-state index in [0.717, 1.165) is 61.2 Å². The number of ether oxygens (including phenoxy) is 2. The SMILES string of the molecule is CCCCCCCCCCCCCCCCCCCCC=COC(=O)OC1CC[C@@]2(C)C(=CCC3C2CC[C@@]2(C)C3CC[C@@H]2[C@H](C)CCCC(C)C)C1. The highest BCUT2D eigenvalue weighted by Gasteiger charge is 2.59. The van der Waals surface area contributed by atoms with E-state index in [1.54, 1.807) is 11.8 Å². The molecule has 4 aliphatic rings. The van der Waals surface area contributed by atoms with Crippen molar-refractivity contribution < 1.29 is 14.3 Å². The average molecular weight is 737 g/mol. The van der Waals surface area contributed by atoms with Crippen LogP contribution in [0, 0.1) is 46.3 Å². The molecule has 0 saturated heterocycles. The number of allylic oxidation sites excluding steroid dienone is 2. The maximum absolute atomic E-state index is 12.6. The predicted molar refractivity (Wildman–Crippen MR) is 227 cm³/mol. The molecular weight excluding hydrogens is 649 g/mol. The van der Waals surface area contributed by atoms with Gasteiger partial charge in [-0.25, -0.2) is 4.79 Å². The Morgan fingerprint density at radius 1 is 0.736 bits per heavy atom. The number of hydrogen-bond donors (Lipinski definition) is 0. The van der Waals surface area contributed by atoms with Gasteiger partial charge in [0.25, 0.3) is 0 Å². The van der Waals surface area contributed by atoms with Crippen molar-refractivity contribution in [1.29, 1.82) is 0 Å². The lowest BCUT2D eigenvalue weighted by Gasteiger charge is -2.58. The number of carbonyl (C=O) groups excluding carboxylic acids is 1. The van der Waals surface area contributed by atoms with Crippen LogP contribution in [0.4, 0.5) is 4.79 Å². The Morgan fingerprint density at radius 2 is 1.34 bits per heavy atom. The first-order chi connectivity index (χ1) is 25.7. The van der Waals surface area contributed by atoms with E-state index in [1.807, 2.05) is 6.08 Å². The van der Waals surface area contributed by atoms with Crippen LogP contribution in [0.1, 0.15) is 234 Å². The van der Waals surface area contributed by atoms with Gasteiger partial charge >= 0.3 is 6.16 Å². The van der Waals surface area contributed by atoms with Crippen LogP contribution in [0.25, 0.3) is 0 Å². The molecule has 0 spiro atoms. The summed E-state index contributed by atoms with van der Waals surface area (Å²) < 4.78 is 11.3. The van der Waals surface area contributed by atoms with Crippen LogP contribution in [0.15, 0.2) is 24.0 Å². The van der Waals surface area contributed by atoms with Gasteiger partial charge in [0.05, 0.1) is 6.26 Å². The molecule has 0 aromatic rings. The average Bonchev–Trinajstić information content (AvgIpc) is 3.49. The lowest BCUT2D eigenvalue weighted by Crippen LogP contribution is -2.51. The highest BCUT2D eigenvalue weighted by molar-refractivity contribution is 5.61. The summed E-state index contributed by atoms with van der Waals surface area (Å²) >= 11 is 0. The van der Waals surface area contributed by atoms with Gasteiger partial charge in [-0.1, -0.05) is 182 Å². The fourth-order valence-corrected chi connectivity index (χ4v) is 12.3. The summed E-state index contributed by atoms with van der Waals surface area (Å²) in [6.07, 6.45) is 45.9. The first kappa shape index (κ1) is 44.5. The summed E-state index contributed by atoms with van der Waals surface area (Å²) in [6.45, 7) is 14.9. The summed E-state index contributed by atoms with van der Waals surface area (Å²) in [7, 11) is 0. The molecule has 0 bridgehead atoms. The van der Waals surface area contributed by atoms with Crippen LogP contribution >= 0.6 is 0 Å². The number of fused-ring (bicyclic) bond motifs is 5. The number of rotatable bonds is 26. The van der Waals surface area contributed by atoms with Crippen LogP contribution in [-0.2, 0) is 9.47 Å². The van der Waals surface area contributed by atoms with Gasteiger partial charge in [-0.05, 0) is 110 Å². The molecule has 4 rings (SSSR count). The van der Waals surface area contributed by atoms with E-state index in [9.17, 15) is 4.79 Å². The van der Waals surface area contributed by atoms with E-state index in [4.69, 9.17) is 9.47 Å². The zero-order valence-electron chi connectivity index (χ0n) is 36.2. The second-order valence-corrected chi connectivity index (χ2v) is 19.8. The van der Waals surface area contributed by atoms with Crippen molar-refractivity contribution in [2.75, 3.05) is 0 Å². The topological polar surface area (TPSA) is 35.5 Å². The minimum atomic E-state index is -0.519. The molecule has 3 fully saturated rings. The second kappa shape index (κ2) is 23.7. The smallest absolute Gasteiger partial charge is 0.430 e. The van der Waals surface area contributed by atoms with Crippen LogP contribution in [0.3, 0.4) is 0 Å². The monoisotopic (exact) mass is 737 g/mol.